The molecule has 0 radical (unpaired) electrons. The van der Waals surface area contributed by atoms with Crippen molar-refractivity contribution in [3.63, 3.8) is 0 Å². The monoisotopic (exact) mass is 343 g/mol. The zero-order valence-corrected chi connectivity index (χ0v) is 13.4. The molecule has 8 heteroatoms. The molecule has 0 aliphatic heterocycles. The van der Waals surface area contributed by atoms with Crippen LogP contribution in [0.2, 0.25) is 5.02 Å². The van der Waals surface area contributed by atoms with Crippen LogP contribution in [-0.4, -0.2) is 13.4 Å². The van der Waals surface area contributed by atoms with E-state index < -0.39 is 10.0 Å². The summed E-state index contributed by atoms with van der Waals surface area (Å²) in [6.45, 7) is 0.634. The summed E-state index contributed by atoms with van der Waals surface area (Å²) < 4.78 is 22.6. The van der Waals surface area contributed by atoms with Gasteiger partial charge in [-0.1, -0.05) is 11.6 Å². The third kappa shape index (κ3) is 3.55. The number of rotatable bonds is 5. The van der Waals surface area contributed by atoms with Crippen molar-refractivity contribution in [2.24, 2.45) is 5.14 Å². The summed E-state index contributed by atoms with van der Waals surface area (Å²) in [5.74, 6) is 0.659. The lowest BCUT2D eigenvalue weighted by molar-refractivity contribution is 0.598. The van der Waals surface area contributed by atoms with E-state index in [-0.39, 0.29) is 9.92 Å². The Labute approximate surface area is 132 Å². The molecule has 3 rings (SSSR count). The summed E-state index contributed by atoms with van der Waals surface area (Å²) in [5, 5.41) is 9.59. The molecule has 0 bridgehead atoms. The molecule has 0 amide bonds. The number of sulfonamides is 1. The van der Waals surface area contributed by atoms with Crippen LogP contribution < -0.4 is 10.5 Å². The fourth-order valence-corrected chi connectivity index (χ4v) is 4.07. The molecule has 1 saturated carbocycles. The first-order valence-corrected chi connectivity index (χ1v) is 9.18. The van der Waals surface area contributed by atoms with E-state index in [4.69, 9.17) is 16.7 Å². The standard InChI is InChI=1S/C13H14ClN3O2S2/c14-11-5-9(3-4-12(11)21(15,18)19)16-6-10-7-17-13(20-10)8-1-2-8/h3-5,7-8,16H,1-2,6H2,(H2,15,18,19). The van der Waals surface area contributed by atoms with Gasteiger partial charge in [0.2, 0.25) is 10.0 Å². The number of nitrogens with zero attached hydrogens (tertiary/aromatic N) is 1. The number of thiazole rings is 1. The lowest BCUT2D eigenvalue weighted by atomic mass is 10.3. The number of hydrogen-bond acceptors (Lipinski definition) is 5. The van der Waals surface area contributed by atoms with Crippen LogP contribution in [0.5, 0.6) is 0 Å². The first kappa shape index (κ1) is 14.8. The summed E-state index contributed by atoms with van der Waals surface area (Å²) >= 11 is 7.65. The van der Waals surface area contributed by atoms with Crippen LogP contribution in [0.3, 0.4) is 0 Å². The highest BCUT2D eigenvalue weighted by Crippen LogP contribution is 2.41. The Morgan fingerprint density at radius 1 is 1.43 bits per heavy atom. The molecule has 1 aliphatic carbocycles. The number of benzene rings is 1. The maximum absolute atomic E-state index is 11.3. The van der Waals surface area contributed by atoms with Crippen molar-refractivity contribution in [1.82, 2.24) is 4.98 Å². The summed E-state index contributed by atoms with van der Waals surface area (Å²) in [6, 6.07) is 4.61. The maximum atomic E-state index is 11.3. The zero-order chi connectivity index (χ0) is 15.0. The Bertz CT molecular complexity index is 769. The van der Waals surface area contributed by atoms with Crippen LogP contribution in [-0.2, 0) is 16.6 Å². The van der Waals surface area contributed by atoms with Gasteiger partial charge >= 0.3 is 0 Å². The number of anilines is 1. The van der Waals surface area contributed by atoms with Crippen LogP contribution in [0, 0.1) is 0 Å². The van der Waals surface area contributed by atoms with Crippen molar-refractivity contribution in [2.45, 2.75) is 30.2 Å². The van der Waals surface area contributed by atoms with Gasteiger partial charge < -0.3 is 5.32 Å². The molecule has 0 saturated heterocycles. The average Bonchev–Trinajstić information content (AvgIpc) is 3.14. The Morgan fingerprint density at radius 2 is 2.19 bits per heavy atom. The second-order valence-electron chi connectivity index (χ2n) is 4.98. The minimum atomic E-state index is -3.78. The first-order valence-electron chi connectivity index (χ1n) is 6.44. The molecule has 1 aromatic heterocycles. The smallest absolute Gasteiger partial charge is 0.239 e. The van der Waals surface area contributed by atoms with E-state index in [1.165, 1.54) is 23.9 Å². The van der Waals surface area contributed by atoms with Gasteiger partial charge in [-0.15, -0.1) is 11.3 Å². The molecule has 1 fully saturated rings. The first-order chi connectivity index (χ1) is 9.93. The summed E-state index contributed by atoms with van der Waals surface area (Å²) in [7, 11) is -3.78. The van der Waals surface area contributed by atoms with Crippen LogP contribution >= 0.6 is 22.9 Å². The van der Waals surface area contributed by atoms with Crippen LogP contribution in [0.25, 0.3) is 0 Å². The highest BCUT2D eigenvalue weighted by atomic mass is 35.5. The van der Waals surface area contributed by atoms with Gasteiger partial charge in [-0.2, -0.15) is 0 Å². The molecule has 1 heterocycles. The fourth-order valence-electron chi connectivity index (χ4n) is 1.95. The molecular weight excluding hydrogens is 330 g/mol. The highest BCUT2D eigenvalue weighted by Gasteiger charge is 2.26. The quantitative estimate of drug-likeness (QED) is 0.874. The number of nitrogens with one attached hydrogen (secondary N) is 1. The third-order valence-electron chi connectivity index (χ3n) is 3.20. The van der Waals surface area contributed by atoms with E-state index in [1.54, 1.807) is 23.5 Å². The van der Waals surface area contributed by atoms with Crippen molar-refractivity contribution in [1.29, 1.82) is 0 Å². The van der Waals surface area contributed by atoms with Gasteiger partial charge in [0.1, 0.15) is 4.90 Å². The second-order valence-corrected chi connectivity index (χ2v) is 8.07. The molecule has 0 atom stereocenters. The largest absolute Gasteiger partial charge is 0.380 e. The second kappa shape index (κ2) is 5.57. The summed E-state index contributed by atoms with van der Waals surface area (Å²) in [4.78, 5) is 5.49. The average molecular weight is 344 g/mol. The minimum absolute atomic E-state index is 0.0662. The molecule has 21 heavy (non-hydrogen) atoms. The Hall–Kier alpha value is -1.15. The number of hydrogen-bond donors (Lipinski definition) is 2. The van der Waals surface area contributed by atoms with E-state index in [0.717, 1.165) is 10.6 Å². The maximum Gasteiger partial charge on any atom is 0.239 e. The van der Waals surface area contributed by atoms with Crippen molar-refractivity contribution in [2.75, 3.05) is 5.32 Å². The lowest BCUT2D eigenvalue weighted by Crippen LogP contribution is -2.12. The molecule has 5 nitrogen and oxygen atoms in total. The van der Waals surface area contributed by atoms with Crippen LogP contribution in [0.4, 0.5) is 5.69 Å². The van der Waals surface area contributed by atoms with Gasteiger partial charge in [-0.25, -0.2) is 18.5 Å². The predicted octanol–water partition coefficient (Wildman–Crippen LogP) is 2.93. The van der Waals surface area contributed by atoms with Crippen LogP contribution in [0.15, 0.2) is 29.3 Å². The zero-order valence-electron chi connectivity index (χ0n) is 11.0. The summed E-state index contributed by atoms with van der Waals surface area (Å²) in [5.41, 5.74) is 0.744. The molecule has 1 aromatic carbocycles. The molecule has 2 aromatic rings. The van der Waals surface area contributed by atoms with Gasteiger partial charge in [-0.3, -0.25) is 0 Å². The van der Waals surface area contributed by atoms with Crippen molar-refractivity contribution in [3.8, 4) is 0 Å². The molecule has 112 valence electrons. The van der Waals surface area contributed by atoms with Gasteiger partial charge in [0.05, 0.1) is 16.6 Å². The highest BCUT2D eigenvalue weighted by molar-refractivity contribution is 7.89. The van der Waals surface area contributed by atoms with Crippen molar-refractivity contribution >= 4 is 38.6 Å². The molecule has 1 aliphatic rings. The van der Waals surface area contributed by atoms with Crippen molar-refractivity contribution in [3.05, 3.63) is 39.3 Å². The van der Waals surface area contributed by atoms with Gasteiger partial charge in [-0.05, 0) is 31.0 Å². The minimum Gasteiger partial charge on any atom is -0.380 e. The van der Waals surface area contributed by atoms with E-state index in [2.05, 4.69) is 10.3 Å². The fraction of sp³-hybridized carbons (Fsp3) is 0.308. The Kier molecular flexibility index (Phi) is 3.92. The summed E-state index contributed by atoms with van der Waals surface area (Å²) in [6.07, 6.45) is 4.36. The number of nitrogens with two attached hydrogens (primary N) is 1. The lowest BCUT2D eigenvalue weighted by Gasteiger charge is -2.07. The predicted molar refractivity (Wildman–Crippen MR) is 84.2 cm³/mol. The van der Waals surface area contributed by atoms with E-state index in [9.17, 15) is 8.42 Å². The molecule has 3 N–H and O–H groups in total. The van der Waals surface area contributed by atoms with E-state index >= 15 is 0 Å². The number of primary sulfonamides is 1. The van der Waals surface area contributed by atoms with Gasteiger partial charge in [0.25, 0.3) is 0 Å². The third-order valence-corrected chi connectivity index (χ3v) is 5.76. The SMILES string of the molecule is NS(=O)(=O)c1ccc(NCc2cnc(C3CC3)s2)cc1Cl. The van der Waals surface area contributed by atoms with E-state index in [1.807, 2.05) is 6.20 Å². The topological polar surface area (TPSA) is 85.1 Å². The van der Waals surface area contributed by atoms with E-state index in [0.29, 0.717) is 12.5 Å². The molecule has 0 unspecified atom stereocenters. The number of aromatic nitrogens is 1. The Morgan fingerprint density at radius 3 is 2.81 bits per heavy atom. The normalized spacial score (nSPS) is 15.1. The Balaban J connectivity index is 1.68. The van der Waals surface area contributed by atoms with Gasteiger partial charge in [0, 0.05) is 22.7 Å². The molecule has 0 spiro atoms. The van der Waals surface area contributed by atoms with Crippen molar-refractivity contribution < 1.29 is 8.42 Å². The number of halogens is 1. The van der Waals surface area contributed by atoms with Crippen LogP contribution in [0.1, 0.15) is 28.6 Å². The van der Waals surface area contributed by atoms with Gasteiger partial charge in [0.15, 0.2) is 0 Å². The molecular formula is C13H14ClN3O2S2.